The normalized spacial score (nSPS) is 20.5. The number of methoxy groups -OCH3 is 1. The molecule has 26 heavy (non-hydrogen) atoms. The maximum atomic E-state index is 12.2. The zero-order valence-corrected chi connectivity index (χ0v) is 18.5. The van der Waals surface area contributed by atoms with Gasteiger partial charge in [0, 0.05) is 10.9 Å². The number of thiocarbonyl (C=S) groups is 1. The Labute approximate surface area is 167 Å². The number of thiophene rings is 1. The summed E-state index contributed by atoms with van der Waals surface area (Å²) in [5, 5.41) is 8.07. The van der Waals surface area contributed by atoms with Gasteiger partial charge in [-0.3, -0.25) is 0 Å². The second kappa shape index (κ2) is 8.70. The number of hydrogen-bond acceptors (Lipinski definition) is 4. The lowest BCUT2D eigenvalue weighted by atomic mass is 9.71. The van der Waals surface area contributed by atoms with Crippen molar-refractivity contribution in [1.29, 1.82) is 0 Å². The van der Waals surface area contributed by atoms with E-state index in [2.05, 4.69) is 38.3 Å². The quantitative estimate of drug-likeness (QED) is 0.534. The minimum Gasteiger partial charge on any atom is -0.465 e. The van der Waals surface area contributed by atoms with Gasteiger partial charge < -0.3 is 15.4 Å². The van der Waals surface area contributed by atoms with E-state index in [1.807, 2.05) is 6.92 Å². The predicted molar refractivity (Wildman–Crippen MR) is 114 cm³/mol. The number of carbonyl (C=O) groups excluding carboxylic acids is 1. The van der Waals surface area contributed by atoms with E-state index >= 15 is 0 Å². The number of aryl methyl sites for hydroxylation is 1. The van der Waals surface area contributed by atoms with E-state index in [0.29, 0.717) is 22.1 Å². The molecule has 146 valence electrons. The Morgan fingerprint density at radius 3 is 2.38 bits per heavy atom. The molecule has 1 saturated carbocycles. The fraction of sp³-hybridized carbons (Fsp3) is 0.700. The first kappa shape index (κ1) is 21.2. The van der Waals surface area contributed by atoms with E-state index in [4.69, 9.17) is 17.0 Å². The number of ether oxygens (including phenoxy) is 1. The summed E-state index contributed by atoms with van der Waals surface area (Å²) in [5.74, 6) is 0.474. The van der Waals surface area contributed by atoms with Gasteiger partial charge in [0.15, 0.2) is 5.11 Å². The summed E-state index contributed by atoms with van der Waals surface area (Å²) in [6.45, 7) is 11.1. The lowest BCUT2D eigenvalue weighted by Crippen LogP contribution is -2.41. The molecule has 0 saturated heterocycles. The van der Waals surface area contributed by atoms with Gasteiger partial charge in [0.25, 0.3) is 0 Å². The molecule has 2 rings (SSSR count). The van der Waals surface area contributed by atoms with Crippen LogP contribution in [0.1, 0.15) is 74.2 Å². The van der Waals surface area contributed by atoms with Crippen molar-refractivity contribution in [2.75, 3.05) is 12.4 Å². The van der Waals surface area contributed by atoms with E-state index in [1.54, 1.807) is 11.3 Å². The van der Waals surface area contributed by atoms with E-state index in [-0.39, 0.29) is 5.97 Å². The Balaban J connectivity index is 2.00. The van der Waals surface area contributed by atoms with Gasteiger partial charge in [0.1, 0.15) is 5.00 Å². The monoisotopic (exact) mass is 396 g/mol. The average molecular weight is 397 g/mol. The summed E-state index contributed by atoms with van der Waals surface area (Å²) >= 11 is 7.09. The molecule has 0 bridgehead atoms. The summed E-state index contributed by atoms with van der Waals surface area (Å²) in [4.78, 5) is 13.3. The minimum absolute atomic E-state index is 0.304. The molecular weight excluding hydrogens is 364 g/mol. The Morgan fingerprint density at radius 2 is 1.88 bits per heavy atom. The first-order valence-electron chi connectivity index (χ1n) is 9.45. The molecule has 0 radical (unpaired) electrons. The SMILES string of the molecule is CCc1c(C)sc(NC(=S)NC2CCC(C(C)(C)C)CC2)c1C(=O)OC. The van der Waals surface area contributed by atoms with Crippen molar-refractivity contribution in [3.05, 3.63) is 16.0 Å². The second-order valence-electron chi connectivity index (χ2n) is 8.20. The van der Waals surface area contributed by atoms with Crippen LogP contribution >= 0.6 is 23.6 Å². The van der Waals surface area contributed by atoms with Gasteiger partial charge in [-0.05, 0) is 68.1 Å². The minimum atomic E-state index is -0.304. The molecule has 1 aromatic heterocycles. The van der Waals surface area contributed by atoms with E-state index in [0.717, 1.165) is 40.6 Å². The third-order valence-electron chi connectivity index (χ3n) is 5.47. The van der Waals surface area contributed by atoms with Crippen LogP contribution in [-0.2, 0) is 11.2 Å². The fourth-order valence-corrected chi connectivity index (χ4v) is 5.31. The van der Waals surface area contributed by atoms with Crippen LogP contribution in [0, 0.1) is 18.3 Å². The van der Waals surface area contributed by atoms with Crippen LogP contribution in [0.2, 0.25) is 0 Å². The number of carbonyl (C=O) groups is 1. The Hall–Kier alpha value is -1.14. The smallest absolute Gasteiger partial charge is 0.341 e. The van der Waals surface area contributed by atoms with Crippen LogP contribution in [0.4, 0.5) is 5.00 Å². The van der Waals surface area contributed by atoms with Crippen molar-refractivity contribution in [3.63, 3.8) is 0 Å². The summed E-state index contributed by atoms with van der Waals surface area (Å²) in [6.07, 6.45) is 5.53. The molecule has 0 amide bonds. The predicted octanol–water partition coefficient (Wildman–Crippen LogP) is 5.30. The van der Waals surface area contributed by atoms with Crippen LogP contribution in [0.15, 0.2) is 0 Å². The highest BCUT2D eigenvalue weighted by molar-refractivity contribution is 7.80. The van der Waals surface area contributed by atoms with Crippen LogP contribution in [0.5, 0.6) is 0 Å². The molecule has 4 nitrogen and oxygen atoms in total. The highest BCUT2D eigenvalue weighted by Gasteiger charge is 2.30. The fourth-order valence-electron chi connectivity index (χ4n) is 3.84. The highest BCUT2D eigenvalue weighted by Crippen LogP contribution is 2.38. The Bertz CT molecular complexity index is 654. The zero-order valence-electron chi connectivity index (χ0n) is 16.8. The van der Waals surface area contributed by atoms with Crippen molar-refractivity contribution >= 4 is 39.6 Å². The molecule has 0 aliphatic heterocycles. The lowest BCUT2D eigenvalue weighted by molar-refractivity contribution is 0.0601. The van der Waals surface area contributed by atoms with Crippen molar-refractivity contribution in [1.82, 2.24) is 5.32 Å². The standard InChI is InChI=1S/C20H32N2O2S2/c1-7-15-12(2)26-17(16(15)18(23)24-6)22-19(25)21-14-10-8-13(9-11-14)20(3,4)5/h13-14H,7-11H2,1-6H3,(H2,21,22,25). The van der Waals surface area contributed by atoms with Crippen LogP contribution in [-0.4, -0.2) is 24.2 Å². The third kappa shape index (κ3) is 4.97. The third-order valence-corrected chi connectivity index (χ3v) is 6.75. The summed E-state index contributed by atoms with van der Waals surface area (Å²) in [5.41, 5.74) is 2.04. The van der Waals surface area contributed by atoms with E-state index in [1.165, 1.54) is 20.0 Å². The van der Waals surface area contributed by atoms with Gasteiger partial charge in [-0.1, -0.05) is 27.7 Å². The Morgan fingerprint density at radius 1 is 1.27 bits per heavy atom. The maximum absolute atomic E-state index is 12.2. The number of nitrogens with one attached hydrogen (secondary N) is 2. The molecule has 6 heteroatoms. The van der Waals surface area contributed by atoms with Crippen molar-refractivity contribution in [2.24, 2.45) is 11.3 Å². The van der Waals surface area contributed by atoms with Crippen LogP contribution < -0.4 is 10.6 Å². The number of hydrogen-bond donors (Lipinski definition) is 2. The molecule has 0 unspecified atom stereocenters. The number of rotatable bonds is 4. The van der Waals surface area contributed by atoms with E-state index in [9.17, 15) is 4.79 Å². The topological polar surface area (TPSA) is 50.4 Å². The second-order valence-corrected chi connectivity index (χ2v) is 9.83. The first-order chi connectivity index (χ1) is 12.2. The van der Waals surface area contributed by atoms with Gasteiger partial charge in [0.05, 0.1) is 12.7 Å². The average Bonchev–Trinajstić information content (AvgIpc) is 2.88. The molecule has 1 aliphatic carbocycles. The lowest BCUT2D eigenvalue weighted by Gasteiger charge is -2.37. The zero-order chi connectivity index (χ0) is 19.5. The van der Waals surface area contributed by atoms with Crippen LogP contribution in [0.3, 0.4) is 0 Å². The van der Waals surface area contributed by atoms with Gasteiger partial charge in [-0.15, -0.1) is 11.3 Å². The van der Waals surface area contributed by atoms with Crippen LogP contribution in [0.25, 0.3) is 0 Å². The molecule has 0 spiro atoms. The maximum Gasteiger partial charge on any atom is 0.341 e. The van der Waals surface area contributed by atoms with Gasteiger partial charge in [0.2, 0.25) is 0 Å². The number of esters is 1. The highest BCUT2D eigenvalue weighted by atomic mass is 32.1. The van der Waals surface area contributed by atoms with Crippen molar-refractivity contribution < 1.29 is 9.53 Å². The van der Waals surface area contributed by atoms with Gasteiger partial charge in [-0.2, -0.15) is 0 Å². The van der Waals surface area contributed by atoms with Crippen molar-refractivity contribution in [3.8, 4) is 0 Å². The largest absolute Gasteiger partial charge is 0.465 e. The molecule has 1 aliphatic rings. The summed E-state index contributed by atoms with van der Waals surface area (Å²) in [7, 11) is 1.42. The van der Waals surface area contributed by atoms with Crippen molar-refractivity contribution in [2.45, 2.75) is 72.8 Å². The van der Waals surface area contributed by atoms with Gasteiger partial charge in [-0.25, -0.2) is 4.79 Å². The molecule has 0 atom stereocenters. The number of anilines is 1. The Kier molecular flexibility index (Phi) is 7.08. The van der Waals surface area contributed by atoms with Gasteiger partial charge >= 0.3 is 5.97 Å². The molecule has 2 N–H and O–H groups in total. The van der Waals surface area contributed by atoms with E-state index < -0.39 is 0 Å². The molecule has 1 heterocycles. The molecular formula is C20H32N2O2S2. The summed E-state index contributed by atoms with van der Waals surface area (Å²) < 4.78 is 4.97. The molecule has 1 fully saturated rings. The summed E-state index contributed by atoms with van der Waals surface area (Å²) in [6, 6.07) is 0.405. The first-order valence-corrected chi connectivity index (χ1v) is 10.7. The molecule has 0 aromatic carbocycles. The molecule has 1 aromatic rings.